The van der Waals surface area contributed by atoms with Crippen LogP contribution in [0.25, 0.3) is 0 Å². The van der Waals surface area contributed by atoms with Gasteiger partial charge in [-0.15, -0.1) is 0 Å². The number of fused-ring (bicyclic) bond motifs is 5. The van der Waals surface area contributed by atoms with Crippen LogP contribution in [0, 0.1) is 29.5 Å². The number of imide groups is 1. The molecular weight excluding hydrogens is 345 g/mol. The van der Waals surface area contributed by atoms with Gasteiger partial charge in [-0.2, -0.15) is 10.1 Å². The molecule has 1 aromatic rings. The molecule has 5 rings (SSSR count). The summed E-state index contributed by atoms with van der Waals surface area (Å²) in [7, 11) is 0. The number of carbonyl (C=O) groups excluding carboxylic acids is 2. The van der Waals surface area contributed by atoms with Crippen molar-refractivity contribution in [3.05, 3.63) is 41.7 Å². The summed E-state index contributed by atoms with van der Waals surface area (Å²) < 4.78 is 14.5. The fraction of sp³-hybridized carbons (Fsp3) is 0.476. The van der Waals surface area contributed by atoms with E-state index in [4.69, 9.17) is 0 Å². The molecule has 2 saturated heterocycles. The SMILES string of the molecule is O=C1[C@@H]2[C@H](C(=O)N1N=Cc1ccc(N3CCCCC3)cc1F)[C@H]1C=C[C@H]2C1. The molecule has 2 heterocycles. The molecule has 2 bridgehead atoms. The van der Waals surface area contributed by atoms with E-state index >= 15 is 0 Å². The maximum atomic E-state index is 14.5. The van der Waals surface area contributed by atoms with Gasteiger partial charge in [-0.3, -0.25) is 9.59 Å². The molecule has 4 aliphatic rings. The second-order valence-electron chi connectivity index (χ2n) is 7.99. The van der Waals surface area contributed by atoms with Crippen LogP contribution in [0.15, 0.2) is 35.5 Å². The van der Waals surface area contributed by atoms with E-state index in [2.05, 4.69) is 10.0 Å². The van der Waals surface area contributed by atoms with Gasteiger partial charge in [0, 0.05) is 24.3 Å². The molecular formula is C21H22FN3O2. The van der Waals surface area contributed by atoms with Crippen LogP contribution >= 0.6 is 0 Å². The van der Waals surface area contributed by atoms with E-state index in [-0.39, 0.29) is 46.9 Å². The Kier molecular flexibility index (Phi) is 3.88. The van der Waals surface area contributed by atoms with Crippen molar-refractivity contribution in [2.75, 3.05) is 18.0 Å². The number of hydrogen-bond acceptors (Lipinski definition) is 4. The maximum Gasteiger partial charge on any atom is 0.254 e. The summed E-state index contributed by atoms with van der Waals surface area (Å²) >= 11 is 0. The molecule has 2 aliphatic heterocycles. The Labute approximate surface area is 157 Å². The number of allylic oxidation sites excluding steroid dienone is 2. The Morgan fingerprint density at radius 1 is 1.00 bits per heavy atom. The molecule has 0 aromatic heterocycles. The van der Waals surface area contributed by atoms with E-state index in [1.54, 1.807) is 6.07 Å². The van der Waals surface area contributed by atoms with Crippen molar-refractivity contribution >= 4 is 23.7 Å². The van der Waals surface area contributed by atoms with Crippen molar-refractivity contribution in [3.8, 4) is 0 Å². The Balaban J connectivity index is 1.34. The first-order chi connectivity index (χ1) is 13.1. The average molecular weight is 367 g/mol. The third-order valence-corrected chi connectivity index (χ3v) is 6.46. The number of hydrazone groups is 1. The van der Waals surface area contributed by atoms with Crippen LogP contribution in [0.3, 0.4) is 0 Å². The number of nitrogens with zero attached hydrogens (tertiary/aromatic N) is 3. The molecule has 5 nitrogen and oxygen atoms in total. The summed E-state index contributed by atoms with van der Waals surface area (Å²) in [4.78, 5) is 27.4. The third-order valence-electron chi connectivity index (χ3n) is 6.46. The maximum absolute atomic E-state index is 14.5. The molecule has 3 fully saturated rings. The third kappa shape index (κ3) is 2.61. The molecule has 0 unspecified atom stereocenters. The summed E-state index contributed by atoms with van der Waals surface area (Å²) in [5.41, 5.74) is 1.16. The Hall–Kier alpha value is -2.50. The van der Waals surface area contributed by atoms with Gasteiger partial charge in [0.05, 0.1) is 18.1 Å². The molecule has 6 heteroatoms. The van der Waals surface area contributed by atoms with Gasteiger partial charge in [-0.1, -0.05) is 12.2 Å². The number of anilines is 1. The van der Waals surface area contributed by atoms with Crippen molar-refractivity contribution in [2.45, 2.75) is 25.7 Å². The van der Waals surface area contributed by atoms with Crippen LogP contribution in [0.5, 0.6) is 0 Å². The van der Waals surface area contributed by atoms with Crippen molar-refractivity contribution < 1.29 is 14.0 Å². The number of hydrogen-bond donors (Lipinski definition) is 0. The van der Waals surface area contributed by atoms with Crippen LogP contribution in [-0.4, -0.2) is 36.1 Å². The normalized spacial score (nSPS) is 32.2. The quantitative estimate of drug-likeness (QED) is 0.469. The van der Waals surface area contributed by atoms with E-state index in [1.165, 1.54) is 18.7 Å². The summed E-state index contributed by atoms with van der Waals surface area (Å²) in [5, 5.41) is 5.02. The number of benzene rings is 1. The zero-order valence-electron chi connectivity index (χ0n) is 15.1. The zero-order chi connectivity index (χ0) is 18.5. The van der Waals surface area contributed by atoms with E-state index in [0.717, 1.165) is 43.0 Å². The Morgan fingerprint density at radius 2 is 1.67 bits per heavy atom. The molecule has 0 radical (unpaired) electrons. The van der Waals surface area contributed by atoms with Gasteiger partial charge in [-0.05, 0) is 55.7 Å². The molecule has 140 valence electrons. The highest BCUT2D eigenvalue weighted by molar-refractivity contribution is 6.06. The minimum absolute atomic E-state index is 0.150. The lowest BCUT2D eigenvalue weighted by Crippen LogP contribution is -2.29. The van der Waals surface area contributed by atoms with Crippen LogP contribution in [0.4, 0.5) is 10.1 Å². The minimum Gasteiger partial charge on any atom is -0.371 e. The predicted molar refractivity (Wildman–Crippen MR) is 99.6 cm³/mol. The van der Waals surface area contributed by atoms with Crippen LogP contribution in [0.1, 0.15) is 31.2 Å². The highest BCUT2D eigenvalue weighted by Gasteiger charge is 2.59. The fourth-order valence-electron chi connectivity index (χ4n) is 5.09. The van der Waals surface area contributed by atoms with E-state index in [9.17, 15) is 14.0 Å². The van der Waals surface area contributed by atoms with E-state index in [0.29, 0.717) is 0 Å². The van der Waals surface area contributed by atoms with Gasteiger partial charge in [0.25, 0.3) is 11.8 Å². The highest BCUT2D eigenvalue weighted by atomic mass is 19.1. The molecule has 0 N–H and O–H groups in total. The monoisotopic (exact) mass is 367 g/mol. The molecule has 0 spiro atoms. The zero-order valence-corrected chi connectivity index (χ0v) is 15.1. The molecule has 2 amide bonds. The lowest BCUT2D eigenvalue weighted by molar-refractivity contribution is -0.140. The Bertz CT molecular complexity index is 829. The van der Waals surface area contributed by atoms with Gasteiger partial charge < -0.3 is 4.90 Å². The van der Waals surface area contributed by atoms with Crippen LogP contribution in [-0.2, 0) is 9.59 Å². The predicted octanol–water partition coefficient (Wildman–Crippen LogP) is 2.96. The largest absolute Gasteiger partial charge is 0.371 e. The van der Waals surface area contributed by atoms with Crippen LogP contribution < -0.4 is 4.90 Å². The number of piperidine rings is 1. The average Bonchev–Trinajstić information content (AvgIpc) is 3.36. The van der Waals surface area contributed by atoms with Crippen molar-refractivity contribution in [1.82, 2.24) is 5.01 Å². The minimum atomic E-state index is -0.386. The number of amides is 2. The standard InChI is InChI=1S/C21H22FN3O2/c22-17-11-16(24-8-2-1-3-9-24)7-6-15(17)12-23-25-20(26)18-13-4-5-14(10-13)19(18)21(25)27/h4-7,11-14,18-19H,1-3,8-10H2/t13-,14-,18-,19+/m0/s1. The smallest absolute Gasteiger partial charge is 0.254 e. The summed E-state index contributed by atoms with van der Waals surface area (Å²) in [6.45, 7) is 1.89. The molecule has 27 heavy (non-hydrogen) atoms. The van der Waals surface area contributed by atoms with Gasteiger partial charge in [0.15, 0.2) is 0 Å². The molecule has 4 atom stereocenters. The van der Waals surface area contributed by atoms with Crippen molar-refractivity contribution in [3.63, 3.8) is 0 Å². The molecule has 1 aromatic carbocycles. The van der Waals surface area contributed by atoms with Crippen LogP contribution in [0.2, 0.25) is 0 Å². The summed E-state index contributed by atoms with van der Waals surface area (Å²) in [5.74, 6) is -1.14. The van der Waals surface area contributed by atoms with Gasteiger partial charge in [0.2, 0.25) is 0 Å². The van der Waals surface area contributed by atoms with Gasteiger partial charge in [-0.25, -0.2) is 4.39 Å². The van der Waals surface area contributed by atoms with E-state index < -0.39 is 0 Å². The van der Waals surface area contributed by atoms with E-state index in [1.807, 2.05) is 18.2 Å². The second kappa shape index (κ2) is 6.29. The first kappa shape index (κ1) is 16.7. The Morgan fingerprint density at radius 3 is 2.30 bits per heavy atom. The number of carbonyl (C=O) groups is 2. The molecule has 1 saturated carbocycles. The number of halogens is 1. The summed E-state index contributed by atoms with van der Waals surface area (Å²) in [6.07, 6.45) is 9.75. The lowest BCUT2D eigenvalue weighted by Gasteiger charge is -2.28. The first-order valence-electron chi connectivity index (χ1n) is 9.78. The lowest BCUT2D eigenvalue weighted by atomic mass is 9.85. The fourth-order valence-corrected chi connectivity index (χ4v) is 5.09. The van der Waals surface area contributed by atoms with Crippen molar-refractivity contribution in [2.24, 2.45) is 28.8 Å². The second-order valence-corrected chi connectivity index (χ2v) is 7.99. The summed E-state index contributed by atoms with van der Waals surface area (Å²) in [6, 6.07) is 5.06. The van der Waals surface area contributed by atoms with Gasteiger partial charge in [0.1, 0.15) is 5.82 Å². The first-order valence-corrected chi connectivity index (χ1v) is 9.78. The topological polar surface area (TPSA) is 53.0 Å². The highest BCUT2D eigenvalue weighted by Crippen LogP contribution is 2.52. The van der Waals surface area contributed by atoms with Gasteiger partial charge >= 0.3 is 0 Å². The number of rotatable bonds is 3. The van der Waals surface area contributed by atoms with Crippen molar-refractivity contribution in [1.29, 1.82) is 0 Å². The molecule has 2 aliphatic carbocycles.